The molecule has 0 saturated carbocycles. The molecule has 68 heavy (non-hydrogen) atoms. The zero-order valence-corrected chi connectivity index (χ0v) is 41.9. The van der Waals surface area contributed by atoms with Crippen molar-refractivity contribution in [1.29, 1.82) is 0 Å². The second kappa shape index (κ2) is 18.9. The molecule has 360 valence electrons. The number of anilines is 2. The molecule has 4 aliphatic heterocycles. The Bertz CT molecular complexity index is 2530. The van der Waals surface area contributed by atoms with Gasteiger partial charge in [-0.25, -0.2) is 0 Å². The van der Waals surface area contributed by atoms with Crippen molar-refractivity contribution in [2.45, 2.75) is 92.6 Å². The highest BCUT2D eigenvalue weighted by atomic mass is 16.6. The minimum atomic E-state index is -0.782. The number of carbonyl (C=O) groups excluding carboxylic acids is 2. The molecule has 4 aliphatic carbocycles. The van der Waals surface area contributed by atoms with Crippen LogP contribution in [-0.4, -0.2) is 86.3 Å². The van der Waals surface area contributed by atoms with Crippen molar-refractivity contribution >= 4 is 23.3 Å². The average molecular weight is 921 g/mol. The van der Waals surface area contributed by atoms with Gasteiger partial charge in [0.2, 0.25) is 0 Å². The van der Waals surface area contributed by atoms with Crippen molar-refractivity contribution in [2.24, 2.45) is 35.5 Å². The van der Waals surface area contributed by atoms with Crippen LogP contribution in [0.1, 0.15) is 80.4 Å². The number of allylic oxidation sites excluding steroid dienone is 6. The summed E-state index contributed by atoms with van der Waals surface area (Å²) in [6.07, 6.45) is 25.5. The van der Waals surface area contributed by atoms with Gasteiger partial charge in [0.1, 0.15) is 23.7 Å². The van der Waals surface area contributed by atoms with E-state index in [1.807, 2.05) is 19.1 Å². The Hall–Kier alpha value is -5.90. The molecule has 2 spiro atoms. The van der Waals surface area contributed by atoms with Gasteiger partial charge in [-0.3, -0.25) is 9.59 Å². The third kappa shape index (κ3) is 7.61. The third-order valence-corrected chi connectivity index (χ3v) is 16.0. The Morgan fingerprint density at radius 3 is 1.34 bits per heavy atom. The predicted octanol–water partition coefficient (Wildman–Crippen LogP) is 10.4. The number of carbonyl (C=O) groups is 2. The molecule has 10 nitrogen and oxygen atoms in total. The number of ether oxygens (including phenoxy) is 4. The van der Waals surface area contributed by atoms with E-state index in [1.54, 1.807) is 0 Å². The molecule has 10 unspecified atom stereocenters. The summed E-state index contributed by atoms with van der Waals surface area (Å²) in [4.78, 5) is 35.8. The number of benzene rings is 2. The van der Waals surface area contributed by atoms with Gasteiger partial charge in [-0.1, -0.05) is 59.8 Å². The van der Waals surface area contributed by atoms with Gasteiger partial charge in [0, 0.05) is 110 Å². The van der Waals surface area contributed by atoms with Gasteiger partial charge in [-0.15, -0.1) is 0 Å². The molecule has 2 fully saturated rings. The van der Waals surface area contributed by atoms with E-state index in [1.165, 1.54) is 17.0 Å². The fourth-order valence-corrected chi connectivity index (χ4v) is 12.5. The molecule has 8 aliphatic rings. The summed E-state index contributed by atoms with van der Waals surface area (Å²) >= 11 is 0. The summed E-state index contributed by atoms with van der Waals surface area (Å²) in [5, 5.41) is 0. The molecule has 0 aromatic heterocycles. The molecule has 10 heteroatoms. The molecule has 2 aromatic rings. The highest BCUT2D eigenvalue weighted by Gasteiger charge is 2.65. The topological polar surface area (TPSA) is 84.0 Å². The van der Waals surface area contributed by atoms with Crippen molar-refractivity contribution in [3.05, 3.63) is 143 Å². The van der Waals surface area contributed by atoms with Gasteiger partial charge in [0.05, 0.1) is 23.7 Å². The van der Waals surface area contributed by atoms with E-state index >= 15 is 0 Å². The van der Waals surface area contributed by atoms with Gasteiger partial charge in [-0.2, -0.15) is 0 Å². The Balaban J connectivity index is 0.000000170. The maximum absolute atomic E-state index is 13.2. The SMILES string of the molecule is CCN(CC)C1=CC2Oc3cc(N(CC)CC)ccc3C3(OC(=O)C4C=C(C)C=CC43)C2C=C1.CCN(CC)C1=CC2Oc3cc(N(CC)CC)ccc3C3(OC(=O)C4C=CC(C)=CC43)C2C=C1. The number of rotatable bonds is 12. The van der Waals surface area contributed by atoms with Gasteiger partial charge in [-0.05, 0) is 118 Å². The van der Waals surface area contributed by atoms with Crippen LogP contribution in [0.15, 0.2) is 132 Å². The number of nitrogens with zero attached hydrogens (tertiary/aromatic N) is 4. The number of likely N-dealkylation sites (N-methyl/N-ethyl adjacent to an activating group) is 2. The lowest BCUT2D eigenvalue weighted by molar-refractivity contribution is -0.160. The van der Waals surface area contributed by atoms with E-state index in [-0.39, 0.29) is 59.7 Å². The van der Waals surface area contributed by atoms with Crippen molar-refractivity contribution in [2.75, 3.05) is 62.2 Å². The van der Waals surface area contributed by atoms with Crippen LogP contribution in [0.3, 0.4) is 0 Å². The number of hydrogen-bond donors (Lipinski definition) is 0. The largest absolute Gasteiger partial charge is 0.485 e. The minimum absolute atomic E-state index is 0.0625. The quantitative estimate of drug-likeness (QED) is 0.192. The molecule has 0 N–H and O–H groups in total. The van der Waals surface area contributed by atoms with Crippen molar-refractivity contribution in [3.8, 4) is 11.5 Å². The lowest BCUT2D eigenvalue weighted by Gasteiger charge is -2.48. The van der Waals surface area contributed by atoms with Gasteiger partial charge < -0.3 is 38.5 Å². The maximum atomic E-state index is 13.2. The van der Waals surface area contributed by atoms with E-state index in [4.69, 9.17) is 18.9 Å². The summed E-state index contributed by atoms with van der Waals surface area (Å²) in [6, 6.07) is 12.8. The van der Waals surface area contributed by atoms with Crippen LogP contribution in [0.2, 0.25) is 0 Å². The molecule has 2 saturated heterocycles. The molecule has 0 radical (unpaired) electrons. The molecule has 0 bridgehead atoms. The molecule has 10 rings (SSSR count). The van der Waals surface area contributed by atoms with E-state index in [2.05, 4.69) is 179 Å². The van der Waals surface area contributed by atoms with Crippen molar-refractivity contribution in [3.63, 3.8) is 0 Å². The fraction of sp³-hybridized carbons (Fsp3) is 0.483. The first-order valence-electron chi connectivity index (χ1n) is 25.5. The Kier molecular flexibility index (Phi) is 13.1. The van der Waals surface area contributed by atoms with E-state index in [9.17, 15) is 9.59 Å². The fourth-order valence-electron chi connectivity index (χ4n) is 12.5. The van der Waals surface area contributed by atoms with Crippen molar-refractivity contribution in [1.82, 2.24) is 9.80 Å². The smallest absolute Gasteiger partial charge is 0.314 e. The third-order valence-electron chi connectivity index (χ3n) is 16.0. The highest BCUT2D eigenvalue weighted by molar-refractivity contribution is 5.82. The second-order valence-corrected chi connectivity index (χ2v) is 19.2. The summed E-state index contributed by atoms with van der Waals surface area (Å²) in [7, 11) is 0. The lowest BCUT2D eigenvalue weighted by Crippen LogP contribution is -2.51. The zero-order valence-electron chi connectivity index (χ0n) is 41.9. The van der Waals surface area contributed by atoms with Crippen LogP contribution in [0, 0.1) is 35.5 Å². The summed E-state index contributed by atoms with van der Waals surface area (Å²) in [5.41, 5.74) is 7.27. The second-order valence-electron chi connectivity index (χ2n) is 19.2. The highest BCUT2D eigenvalue weighted by Crippen LogP contribution is 2.61. The molecule has 2 aromatic carbocycles. The molecule has 10 atom stereocenters. The first-order valence-corrected chi connectivity index (χ1v) is 25.5. The summed E-state index contributed by atoms with van der Waals surface area (Å²) in [5.74, 6) is 0.534. The van der Waals surface area contributed by atoms with Crippen LogP contribution < -0.4 is 19.3 Å². The number of esters is 2. The van der Waals surface area contributed by atoms with Gasteiger partial charge >= 0.3 is 11.9 Å². The first kappa shape index (κ1) is 47.2. The van der Waals surface area contributed by atoms with Crippen molar-refractivity contribution < 1.29 is 28.5 Å². The molecular formula is C58H72N4O6. The van der Waals surface area contributed by atoms with Crippen LogP contribution in [0.25, 0.3) is 0 Å². The van der Waals surface area contributed by atoms with Crippen LogP contribution >= 0.6 is 0 Å². The maximum Gasteiger partial charge on any atom is 0.314 e. The predicted molar refractivity (Wildman–Crippen MR) is 271 cm³/mol. The first-order chi connectivity index (χ1) is 32.9. The van der Waals surface area contributed by atoms with Crippen LogP contribution in [0.5, 0.6) is 11.5 Å². The Morgan fingerprint density at radius 2 is 0.868 bits per heavy atom. The van der Waals surface area contributed by atoms with Gasteiger partial charge in [0.25, 0.3) is 0 Å². The zero-order chi connectivity index (χ0) is 48.1. The van der Waals surface area contributed by atoms with E-state index in [0.717, 1.165) is 91.9 Å². The van der Waals surface area contributed by atoms with Gasteiger partial charge in [0.15, 0.2) is 11.2 Å². The Morgan fingerprint density at radius 1 is 0.456 bits per heavy atom. The Labute approximate surface area is 405 Å². The number of fused-ring (bicyclic) bond motifs is 12. The molecule has 4 heterocycles. The summed E-state index contributed by atoms with van der Waals surface area (Å²) < 4.78 is 26.3. The molecular weight excluding hydrogens is 849 g/mol. The normalized spacial score (nSPS) is 30.6. The van der Waals surface area contributed by atoms with E-state index < -0.39 is 11.2 Å². The minimum Gasteiger partial charge on any atom is -0.485 e. The lowest BCUT2D eigenvalue weighted by atomic mass is 9.64. The van der Waals surface area contributed by atoms with Crippen LogP contribution in [-0.2, 0) is 30.3 Å². The van der Waals surface area contributed by atoms with E-state index in [0.29, 0.717) is 0 Å². The molecule has 0 amide bonds. The standard InChI is InChI=1S/2C29H36N2O3/c1-6-30(7-2)20-11-14-24-26(17-20)33-27-18-21(31(8-3)9-4)12-15-25(27)29(24)23-13-10-19(5)16-22(23)28(32)34-29;1-6-30(7-2)20-11-14-23-26(17-20)33-27-18-21(31(8-3)9-4)12-15-24(27)29(23)25-16-19(5)10-13-22(25)28(32)34-29/h10-18,22-24,26H,6-9H2,1-5H3;10-18,22-23,25-26H,6-9H2,1-5H3. The van der Waals surface area contributed by atoms with Crippen LogP contribution in [0.4, 0.5) is 11.4 Å². The number of hydrogen-bond acceptors (Lipinski definition) is 10. The average Bonchev–Trinajstić information content (AvgIpc) is 3.79. The monoisotopic (exact) mass is 921 g/mol. The summed E-state index contributed by atoms with van der Waals surface area (Å²) in [6.45, 7) is 28.9.